The lowest BCUT2D eigenvalue weighted by Crippen LogP contribution is -2.37. The monoisotopic (exact) mass is 245 g/mol. The van der Waals surface area contributed by atoms with Crippen LogP contribution in [-0.4, -0.2) is 26.0 Å². The minimum absolute atomic E-state index is 0.0972. The predicted octanol–water partition coefficient (Wildman–Crippen LogP) is 2.03. The molecule has 1 aromatic rings. The van der Waals surface area contributed by atoms with E-state index in [1.54, 1.807) is 12.1 Å². The van der Waals surface area contributed by atoms with Crippen molar-refractivity contribution in [2.45, 2.75) is 19.9 Å². The summed E-state index contributed by atoms with van der Waals surface area (Å²) < 4.78 is 0. The number of benzene rings is 1. The molecule has 0 bridgehead atoms. The van der Waals surface area contributed by atoms with Gasteiger partial charge in [-0.3, -0.25) is 4.79 Å². The summed E-state index contributed by atoms with van der Waals surface area (Å²) in [6.45, 7) is 3.81. The first kappa shape index (κ1) is 14.0. The third-order valence-electron chi connectivity index (χ3n) is 2.74. The van der Waals surface area contributed by atoms with Crippen LogP contribution in [0.25, 0.3) is 0 Å². The molecule has 0 spiro atoms. The summed E-state index contributed by atoms with van der Waals surface area (Å²) in [7, 11) is 3.89. The van der Waals surface area contributed by atoms with E-state index < -0.39 is 6.04 Å². The van der Waals surface area contributed by atoms with Crippen LogP contribution in [0.4, 0.5) is 5.69 Å². The van der Waals surface area contributed by atoms with E-state index in [-0.39, 0.29) is 11.8 Å². The number of amides is 1. The predicted molar refractivity (Wildman–Crippen MR) is 72.5 cm³/mol. The highest BCUT2D eigenvalue weighted by atomic mass is 16.1. The highest BCUT2D eigenvalue weighted by molar-refractivity contribution is 5.94. The lowest BCUT2D eigenvalue weighted by atomic mass is 10.1. The summed E-state index contributed by atoms with van der Waals surface area (Å²) in [6.07, 6.45) is 0. The smallest absolute Gasteiger partial charge is 0.252 e. The average Bonchev–Trinajstić information content (AvgIpc) is 2.35. The molecule has 0 aliphatic heterocycles. The van der Waals surface area contributed by atoms with Gasteiger partial charge in [0.05, 0.1) is 6.07 Å². The summed E-state index contributed by atoms with van der Waals surface area (Å²) >= 11 is 0. The van der Waals surface area contributed by atoms with Crippen LogP contribution < -0.4 is 10.2 Å². The highest BCUT2D eigenvalue weighted by Gasteiger charge is 2.16. The highest BCUT2D eigenvalue weighted by Crippen LogP contribution is 2.12. The molecule has 0 aliphatic carbocycles. The maximum absolute atomic E-state index is 11.9. The molecule has 1 unspecified atom stereocenters. The molecule has 0 aromatic heterocycles. The zero-order valence-electron chi connectivity index (χ0n) is 11.3. The molecule has 0 saturated carbocycles. The van der Waals surface area contributed by atoms with Crippen LogP contribution in [-0.2, 0) is 0 Å². The van der Waals surface area contributed by atoms with E-state index in [9.17, 15) is 4.79 Å². The number of hydrogen-bond acceptors (Lipinski definition) is 3. The maximum atomic E-state index is 11.9. The van der Waals surface area contributed by atoms with Crippen molar-refractivity contribution in [3.8, 4) is 6.07 Å². The molecular formula is C14H19N3O. The fraction of sp³-hybridized carbons (Fsp3) is 0.429. The molecule has 0 aliphatic rings. The number of nitrogens with zero attached hydrogens (tertiary/aromatic N) is 2. The summed E-state index contributed by atoms with van der Waals surface area (Å²) in [5.74, 6) is -0.111. The number of hydrogen-bond donors (Lipinski definition) is 1. The summed E-state index contributed by atoms with van der Waals surface area (Å²) in [4.78, 5) is 13.9. The van der Waals surface area contributed by atoms with Crippen LogP contribution in [0.3, 0.4) is 0 Å². The SMILES string of the molecule is CC(C)C(C#N)NC(=O)c1ccc(N(C)C)cc1. The molecule has 0 fully saturated rings. The van der Waals surface area contributed by atoms with Crippen molar-refractivity contribution in [3.63, 3.8) is 0 Å². The first-order chi connectivity index (χ1) is 8.45. The Morgan fingerprint density at radius 2 is 1.83 bits per heavy atom. The molecular weight excluding hydrogens is 226 g/mol. The third kappa shape index (κ3) is 3.49. The molecule has 0 heterocycles. The number of carbonyl (C=O) groups excluding carboxylic acids is 1. The van der Waals surface area contributed by atoms with Crippen molar-refractivity contribution < 1.29 is 4.79 Å². The van der Waals surface area contributed by atoms with E-state index in [1.165, 1.54) is 0 Å². The van der Waals surface area contributed by atoms with Gasteiger partial charge in [0.15, 0.2) is 0 Å². The molecule has 1 atom stereocenters. The van der Waals surface area contributed by atoms with Crippen LogP contribution >= 0.6 is 0 Å². The Labute approximate surface area is 108 Å². The molecule has 96 valence electrons. The molecule has 0 saturated heterocycles. The van der Waals surface area contributed by atoms with E-state index in [1.807, 2.05) is 45.0 Å². The van der Waals surface area contributed by atoms with Gasteiger partial charge in [0.2, 0.25) is 0 Å². The number of nitriles is 1. The van der Waals surface area contributed by atoms with Gasteiger partial charge >= 0.3 is 0 Å². The second-order valence-corrected chi connectivity index (χ2v) is 4.77. The fourth-order valence-corrected chi connectivity index (χ4v) is 1.48. The third-order valence-corrected chi connectivity index (χ3v) is 2.74. The van der Waals surface area contributed by atoms with Crippen molar-refractivity contribution in [1.29, 1.82) is 5.26 Å². The number of nitrogens with one attached hydrogen (secondary N) is 1. The van der Waals surface area contributed by atoms with Crippen molar-refractivity contribution in [2.24, 2.45) is 5.92 Å². The van der Waals surface area contributed by atoms with Crippen molar-refractivity contribution in [2.75, 3.05) is 19.0 Å². The Morgan fingerprint density at radius 1 is 1.28 bits per heavy atom. The zero-order valence-corrected chi connectivity index (χ0v) is 11.3. The number of rotatable bonds is 4. The lowest BCUT2D eigenvalue weighted by Gasteiger charge is -2.16. The first-order valence-corrected chi connectivity index (χ1v) is 5.93. The van der Waals surface area contributed by atoms with E-state index in [4.69, 9.17) is 5.26 Å². The zero-order chi connectivity index (χ0) is 13.7. The molecule has 18 heavy (non-hydrogen) atoms. The molecule has 1 aromatic carbocycles. The van der Waals surface area contributed by atoms with Crippen LogP contribution in [0.1, 0.15) is 24.2 Å². The number of anilines is 1. The van der Waals surface area contributed by atoms with Crippen LogP contribution in [0.15, 0.2) is 24.3 Å². The summed E-state index contributed by atoms with van der Waals surface area (Å²) in [6, 6.07) is 8.93. The minimum Gasteiger partial charge on any atom is -0.378 e. The van der Waals surface area contributed by atoms with Crippen molar-refractivity contribution in [1.82, 2.24) is 5.32 Å². The Hall–Kier alpha value is -2.02. The van der Waals surface area contributed by atoms with Gasteiger partial charge in [0, 0.05) is 25.3 Å². The largest absolute Gasteiger partial charge is 0.378 e. The second kappa shape index (κ2) is 6.06. The molecule has 0 radical (unpaired) electrons. The Bertz CT molecular complexity index is 443. The normalized spacial score (nSPS) is 11.8. The van der Waals surface area contributed by atoms with Gasteiger partial charge in [0.25, 0.3) is 5.91 Å². The Balaban J connectivity index is 2.76. The summed E-state index contributed by atoms with van der Waals surface area (Å²) in [5, 5.41) is 11.7. The maximum Gasteiger partial charge on any atom is 0.252 e. The van der Waals surface area contributed by atoms with Crippen LogP contribution in [0.5, 0.6) is 0 Å². The van der Waals surface area contributed by atoms with E-state index in [0.717, 1.165) is 5.69 Å². The molecule has 1 N–H and O–H groups in total. The molecule has 4 nitrogen and oxygen atoms in total. The van der Waals surface area contributed by atoms with E-state index >= 15 is 0 Å². The van der Waals surface area contributed by atoms with E-state index in [2.05, 4.69) is 11.4 Å². The van der Waals surface area contributed by atoms with Gasteiger partial charge in [-0.15, -0.1) is 0 Å². The van der Waals surface area contributed by atoms with E-state index in [0.29, 0.717) is 5.56 Å². The quantitative estimate of drug-likeness (QED) is 0.883. The Kier molecular flexibility index (Phi) is 4.73. The molecule has 1 rings (SSSR count). The van der Waals surface area contributed by atoms with Gasteiger partial charge in [-0.05, 0) is 30.2 Å². The van der Waals surface area contributed by atoms with Crippen LogP contribution in [0, 0.1) is 17.2 Å². The van der Waals surface area contributed by atoms with Crippen LogP contribution in [0.2, 0.25) is 0 Å². The molecule has 1 amide bonds. The van der Waals surface area contributed by atoms with Crippen molar-refractivity contribution in [3.05, 3.63) is 29.8 Å². The number of carbonyl (C=O) groups is 1. The van der Waals surface area contributed by atoms with Gasteiger partial charge in [-0.25, -0.2) is 0 Å². The second-order valence-electron chi connectivity index (χ2n) is 4.77. The van der Waals surface area contributed by atoms with Gasteiger partial charge in [-0.1, -0.05) is 13.8 Å². The standard InChI is InChI=1S/C14H19N3O/c1-10(2)13(9-15)16-14(18)11-5-7-12(8-6-11)17(3)4/h5-8,10,13H,1-4H3,(H,16,18). The van der Waals surface area contributed by atoms with Gasteiger partial charge in [-0.2, -0.15) is 5.26 Å². The topological polar surface area (TPSA) is 56.1 Å². The molecule has 4 heteroatoms. The van der Waals surface area contributed by atoms with Crippen molar-refractivity contribution >= 4 is 11.6 Å². The summed E-state index contributed by atoms with van der Waals surface area (Å²) in [5.41, 5.74) is 1.61. The first-order valence-electron chi connectivity index (χ1n) is 5.93. The fourth-order valence-electron chi connectivity index (χ4n) is 1.48. The minimum atomic E-state index is -0.453. The van der Waals surface area contributed by atoms with Gasteiger partial charge in [0.1, 0.15) is 6.04 Å². The Morgan fingerprint density at radius 3 is 2.22 bits per heavy atom. The average molecular weight is 245 g/mol. The lowest BCUT2D eigenvalue weighted by molar-refractivity contribution is 0.0937. The van der Waals surface area contributed by atoms with Gasteiger partial charge < -0.3 is 10.2 Å².